The molecule has 0 bridgehead atoms. The van der Waals surface area contributed by atoms with Gasteiger partial charge in [0.1, 0.15) is 0 Å². The van der Waals surface area contributed by atoms with Crippen LogP contribution in [0.5, 0.6) is 0 Å². The Bertz CT molecular complexity index is 99.7. The van der Waals surface area contributed by atoms with Gasteiger partial charge in [0.2, 0.25) is 0 Å². The minimum absolute atomic E-state index is 0.301. The highest BCUT2D eigenvalue weighted by atomic mass is 16.3. The van der Waals surface area contributed by atoms with Crippen LogP contribution in [0.15, 0.2) is 0 Å². The Balaban J connectivity index is 0.000000461. The molecule has 68 valence electrons. The van der Waals surface area contributed by atoms with E-state index < -0.39 is 0 Å². The summed E-state index contributed by atoms with van der Waals surface area (Å²) in [5.41, 5.74) is -0.301. The molecular weight excluding hydrogens is 138 g/mol. The zero-order chi connectivity index (χ0) is 8.91. The molecule has 1 aliphatic carbocycles. The van der Waals surface area contributed by atoms with E-state index in [1.54, 1.807) is 0 Å². The van der Waals surface area contributed by atoms with Crippen molar-refractivity contribution < 1.29 is 5.11 Å². The van der Waals surface area contributed by atoms with Gasteiger partial charge < -0.3 is 10.0 Å². The van der Waals surface area contributed by atoms with Crippen LogP contribution in [0.2, 0.25) is 0 Å². The van der Waals surface area contributed by atoms with Crippen molar-refractivity contribution in [1.29, 1.82) is 0 Å². The van der Waals surface area contributed by atoms with E-state index in [2.05, 4.69) is 11.8 Å². The summed E-state index contributed by atoms with van der Waals surface area (Å²) < 4.78 is 0. The molecule has 0 aromatic heterocycles. The van der Waals surface area contributed by atoms with Crippen LogP contribution in [0, 0.1) is 0 Å². The molecule has 11 heavy (non-hydrogen) atoms. The topological polar surface area (TPSA) is 23.5 Å². The van der Waals surface area contributed by atoms with Crippen molar-refractivity contribution in [3.8, 4) is 0 Å². The van der Waals surface area contributed by atoms with Crippen LogP contribution in [0.4, 0.5) is 0 Å². The van der Waals surface area contributed by atoms with Crippen LogP contribution in [0.1, 0.15) is 33.6 Å². The number of hydrogen-bond acceptors (Lipinski definition) is 2. The van der Waals surface area contributed by atoms with E-state index in [4.69, 9.17) is 0 Å². The highest BCUT2D eigenvalue weighted by Gasteiger charge is 2.40. The highest BCUT2D eigenvalue weighted by Crippen LogP contribution is 2.35. The summed E-state index contributed by atoms with van der Waals surface area (Å²) >= 11 is 0. The lowest BCUT2D eigenvalue weighted by molar-refractivity contribution is 0.106. The van der Waals surface area contributed by atoms with Gasteiger partial charge in [0.05, 0.1) is 5.60 Å². The standard InChI is InChI=1S/C7H15NO.C2H6/c1-3-8(2)6-7(9)4-5-7;1-2/h9H,3-6H2,1-2H3;1-2H3. The van der Waals surface area contributed by atoms with Crippen molar-refractivity contribution >= 4 is 0 Å². The van der Waals surface area contributed by atoms with Gasteiger partial charge >= 0.3 is 0 Å². The Morgan fingerprint density at radius 1 is 1.36 bits per heavy atom. The van der Waals surface area contributed by atoms with E-state index in [9.17, 15) is 5.11 Å². The number of rotatable bonds is 3. The highest BCUT2D eigenvalue weighted by molar-refractivity contribution is 4.95. The quantitative estimate of drug-likeness (QED) is 0.674. The second kappa shape index (κ2) is 4.73. The molecule has 1 N–H and O–H groups in total. The number of nitrogens with zero attached hydrogens (tertiary/aromatic N) is 1. The van der Waals surface area contributed by atoms with Gasteiger partial charge in [-0.15, -0.1) is 0 Å². The summed E-state index contributed by atoms with van der Waals surface area (Å²) in [7, 11) is 2.04. The summed E-state index contributed by atoms with van der Waals surface area (Å²) in [6.45, 7) is 7.98. The SMILES string of the molecule is CC.CCN(C)CC1(O)CC1. The van der Waals surface area contributed by atoms with Gasteiger partial charge in [-0.2, -0.15) is 0 Å². The molecule has 1 fully saturated rings. The second-order valence-corrected chi connectivity index (χ2v) is 3.05. The van der Waals surface area contributed by atoms with Gasteiger partial charge in [0.15, 0.2) is 0 Å². The fourth-order valence-electron chi connectivity index (χ4n) is 0.917. The molecule has 2 nitrogen and oxygen atoms in total. The van der Waals surface area contributed by atoms with Crippen LogP contribution >= 0.6 is 0 Å². The Morgan fingerprint density at radius 2 is 1.82 bits per heavy atom. The zero-order valence-corrected chi connectivity index (χ0v) is 8.22. The number of hydrogen-bond donors (Lipinski definition) is 1. The molecule has 0 heterocycles. The van der Waals surface area contributed by atoms with Crippen LogP contribution in [-0.2, 0) is 0 Å². The van der Waals surface area contributed by atoms with Crippen molar-refractivity contribution in [1.82, 2.24) is 4.90 Å². The molecule has 2 heteroatoms. The lowest BCUT2D eigenvalue weighted by atomic mass is 10.3. The van der Waals surface area contributed by atoms with Crippen molar-refractivity contribution in [2.75, 3.05) is 20.1 Å². The molecule has 0 aromatic rings. The maximum Gasteiger partial charge on any atom is 0.0776 e. The first-order valence-electron chi connectivity index (χ1n) is 4.57. The minimum Gasteiger partial charge on any atom is -0.389 e. The lowest BCUT2D eigenvalue weighted by Gasteiger charge is -2.17. The lowest BCUT2D eigenvalue weighted by Crippen LogP contribution is -2.30. The first-order valence-corrected chi connectivity index (χ1v) is 4.57. The summed E-state index contributed by atoms with van der Waals surface area (Å²) in [5.74, 6) is 0. The van der Waals surface area contributed by atoms with Crippen molar-refractivity contribution in [3.05, 3.63) is 0 Å². The van der Waals surface area contributed by atoms with Crippen LogP contribution in [0.25, 0.3) is 0 Å². The molecule has 1 saturated carbocycles. The summed E-state index contributed by atoms with van der Waals surface area (Å²) in [6.07, 6.45) is 1.99. The Labute approximate surface area is 70.2 Å². The Kier molecular flexibility index (Phi) is 4.69. The maximum absolute atomic E-state index is 9.39. The third-order valence-electron chi connectivity index (χ3n) is 1.93. The van der Waals surface area contributed by atoms with Crippen molar-refractivity contribution in [2.45, 2.75) is 39.2 Å². The predicted octanol–water partition coefficient (Wildman–Crippen LogP) is 1.49. The molecule has 0 saturated heterocycles. The average Bonchev–Trinajstić information content (AvgIpc) is 2.72. The second-order valence-electron chi connectivity index (χ2n) is 3.05. The van der Waals surface area contributed by atoms with Gasteiger partial charge in [-0.1, -0.05) is 20.8 Å². The van der Waals surface area contributed by atoms with Crippen LogP contribution in [-0.4, -0.2) is 35.7 Å². The smallest absolute Gasteiger partial charge is 0.0776 e. The third-order valence-corrected chi connectivity index (χ3v) is 1.93. The van der Waals surface area contributed by atoms with E-state index >= 15 is 0 Å². The van der Waals surface area contributed by atoms with Gasteiger partial charge in [0, 0.05) is 6.54 Å². The molecule has 0 amide bonds. The molecule has 0 radical (unpaired) electrons. The number of aliphatic hydroxyl groups is 1. The van der Waals surface area contributed by atoms with Gasteiger partial charge in [-0.05, 0) is 26.4 Å². The normalized spacial score (nSPS) is 19.1. The largest absolute Gasteiger partial charge is 0.389 e. The molecular formula is C9H21NO. The molecule has 0 spiro atoms. The summed E-state index contributed by atoms with van der Waals surface area (Å²) in [6, 6.07) is 0. The first kappa shape index (κ1) is 10.9. The molecule has 0 atom stereocenters. The molecule has 0 aliphatic heterocycles. The van der Waals surface area contributed by atoms with E-state index in [1.807, 2.05) is 20.9 Å². The van der Waals surface area contributed by atoms with E-state index in [0.717, 1.165) is 25.9 Å². The molecule has 0 unspecified atom stereocenters. The predicted molar refractivity (Wildman–Crippen MR) is 48.7 cm³/mol. The Hall–Kier alpha value is -0.0800. The fourth-order valence-corrected chi connectivity index (χ4v) is 0.917. The Morgan fingerprint density at radius 3 is 2.09 bits per heavy atom. The molecule has 0 aromatic carbocycles. The van der Waals surface area contributed by atoms with Crippen molar-refractivity contribution in [2.24, 2.45) is 0 Å². The van der Waals surface area contributed by atoms with Crippen LogP contribution in [0.3, 0.4) is 0 Å². The van der Waals surface area contributed by atoms with E-state index in [0.29, 0.717) is 0 Å². The van der Waals surface area contributed by atoms with Crippen molar-refractivity contribution in [3.63, 3.8) is 0 Å². The zero-order valence-electron chi connectivity index (χ0n) is 8.22. The van der Waals surface area contributed by atoms with Crippen LogP contribution < -0.4 is 0 Å². The van der Waals surface area contributed by atoms with Gasteiger partial charge in [0.25, 0.3) is 0 Å². The van der Waals surface area contributed by atoms with E-state index in [1.165, 1.54) is 0 Å². The first-order chi connectivity index (χ1) is 5.16. The number of likely N-dealkylation sites (N-methyl/N-ethyl adjacent to an activating group) is 1. The minimum atomic E-state index is -0.301. The fraction of sp³-hybridized carbons (Fsp3) is 1.00. The van der Waals surface area contributed by atoms with Gasteiger partial charge in [-0.3, -0.25) is 0 Å². The molecule has 1 rings (SSSR count). The summed E-state index contributed by atoms with van der Waals surface area (Å²) in [4.78, 5) is 2.15. The van der Waals surface area contributed by atoms with Gasteiger partial charge in [-0.25, -0.2) is 0 Å². The average molecular weight is 159 g/mol. The monoisotopic (exact) mass is 159 g/mol. The maximum atomic E-state index is 9.39. The summed E-state index contributed by atoms with van der Waals surface area (Å²) in [5, 5.41) is 9.39. The third kappa shape index (κ3) is 4.38. The van der Waals surface area contributed by atoms with E-state index in [-0.39, 0.29) is 5.60 Å². The molecule has 1 aliphatic rings.